The van der Waals surface area contributed by atoms with Crippen LogP contribution in [0.2, 0.25) is 0 Å². The second-order valence-corrected chi connectivity index (χ2v) is 4.00. The summed E-state index contributed by atoms with van der Waals surface area (Å²) in [7, 11) is 1.63. The van der Waals surface area contributed by atoms with E-state index in [1.54, 1.807) is 25.3 Å². The first kappa shape index (κ1) is 16.4. The maximum absolute atomic E-state index is 11.0. The van der Waals surface area contributed by atoms with Crippen molar-refractivity contribution in [3.8, 4) is 5.75 Å². The van der Waals surface area contributed by atoms with Gasteiger partial charge in [0, 0.05) is 20.2 Å². The number of methoxy groups -OCH3 is 1. The van der Waals surface area contributed by atoms with Gasteiger partial charge < -0.3 is 24.6 Å². The average molecular weight is 283 g/mol. The lowest BCUT2D eigenvalue weighted by Gasteiger charge is -2.09. The summed E-state index contributed by atoms with van der Waals surface area (Å²) in [6.07, 6.45) is 0. The van der Waals surface area contributed by atoms with Gasteiger partial charge in [0.05, 0.1) is 19.8 Å². The van der Waals surface area contributed by atoms with Gasteiger partial charge in [-0.2, -0.15) is 0 Å². The lowest BCUT2D eigenvalue weighted by molar-refractivity contribution is 0.0691. The highest BCUT2D eigenvalue weighted by Crippen LogP contribution is 2.17. The van der Waals surface area contributed by atoms with Gasteiger partial charge in [0.25, 0.3) is 0 Å². The first-order chi connectivity index (χ1) is 9.75. The summed E-state index contributed by atoms with van der Waals surface area (Å²) in [6, 6.07) is 6.59. The molecule has 0 saturated carbocycles. The van der Waals surface area contributed by atoms with E-state index in [1.165, 1.54) is 6.07 Å². The third-order valence-electron chi connectivity index (χ3n) is 2.51. The van der Waals surface area contributed by atoms with Crippen LogP contribution >= 0.6 is 0 Å². The molecule has 6 heteroatoms. The Morgan fingerprint density at radius 2 is 1.90 bits per heavy atom. The van der Waals surface area contributed by atoms with E-state index >= 15 is 0 Å². The minimum atomic E-state index is -0.986. The van der Waals surface area contributed by atoms with Gasteiger partial charge in [0.1, 0.15) is 17.9 Å². The molecule has 1 aromatic rings. The Hall–Kier alpha value is -1.63. The summed E-state index contributed by atoms with van der Waals surface area (Å²) in [4.78, 5) is 11.0. The Kier molecular flexibility index (Phi) is 8.37. The van der Waals surface area contributed by atoms with Crippen molar-refractivity contribution in [2.24, 2.45) is 0 Å². The molecule has 112 valence electrons. The summed E-state index contributed by atoms with van der Waals surface area (Å²) >= 11 is 0. The van der Waals surface area contributed by atoms with E-state index in [1.807, 2.05) is 0 Å². The number of ether oxygens (including phenoxy) is 3. The average Bonchev–Trinajstić information content (AvgIpc) is 2.46. The van der Waals surface area contributed by atoms with Crippen molar-refractivity contribution in [2.75, 3.05) is 46.6 Å². The maximum atomic E-state index is 11.0. The molecule has 20 heavy (non-hydrogen) atoms. The second kappa shape index (κ2) is 10.2. The molecule has 0 atom stereocenters. The number of rotatable bonds is 11. The molecule has 0 aliphatic heterocycles. The molecule has 0 saturated heterocycles. The fraction of sp³-hybridized carbons (Fsp3) is 0.500. The molecule has 6 nitrogen and oxygen atoms in total. The van der Waals surface area contributed by atoms with Gasteiger partial charge in [-0.3, -0.25) is 0 Å². The van der Waals surface area contributed by atoms with E-state index in [0.717, 1.165) is 0 Å². The van der Waals surface area contributed by atoms with Crippen molar-refractivity contribution in [1.82, 2.24) is 5.32 Å². The number of carbonyl (C=O) groups is 1. The highest BCUT2D eigenvalue weighted by atomic mass is 16.5. The first-order valence-electron chi connectivity index (χ1n) is 6.48. The van der Waals surface area contributed by atoms with Crippen LogP contribution in [-0.4, -0.2) is 57.7 Å². The van der Waals surface area contributed by atoms with Crippen LogP contribution in [-0.2, 0) is 9.47 Å². The monoisotopic (exact) mass is 283 g/mol. The smallest absolute Gasteiger partial charge is 0.339 e. The zero-order valence-corrected chi connectivity index (χ0v) is 11.6. The van der Waals surface area contributed by atoms with Crippen molar-refractivity contribution in [3.05, 3.63) is 29.8 Å². The molecule has 0 aromatic heterocycles. The zero-order chi connectivity index (χ0) is 14.6. The molecule has 0 bridgehead atoms. The number of benzene rings is 1. The topological polar surface area (TPSA) is 77.0 Å². The van der Waals surface area contributed by atoms with Crippen LogP contribution in [0.4, 0.5) is 0 Å². The van der Waals surface area contributed by atoms with Gasteiger partial charge in [-0.1, -0.05) is 12.1 Å². The third kappa shape index (κ3) is 6.51. The molecule has 0 radical (unpaired) electrons. The van der Waals surface area contributed by atoms with Crippen molar-refractivity contribution in [1.29, 1.82) is 0 Å². The SMILES string of the molecule is COCCOCCNCCOc1ccccc1C(=O)O. The molecule has 0 aliphatic carbocycles. The van der Waals surface area contributed by atoms with Crippen LogP contribution in [0, 0.1) is 0 Å². The van der Waals surface area contributed by atoms with Crippen molar-refractivity contribution in [3.63, 3.8) is 0 Å². The molecule has 2 N–H and O–H groups in total. The summed E-state index contributed by atoms with van der Waals surface area (Å²) in [5, 5.41) is 12.1. The summed E-state index contributed by atoms with van der Waals surface area (Å²) < 4.78 is 15.6. The quantitative estimate of drug-likeness (QED) is 0.590. The highest BCUT2D eigenvalue weighted by molar-refractivity contribution is 5.90. The van der Waals surface area contributed by atoms with Crippen molar-refractivity contribution < 1.29 is 24.1 Å². The number of aromatic carboxylic acids is 1. The van der Waals surface area contributed by atoms with Gasteiger partial charge in [-0.15, -0.1) is 0 Å². The third-order valence-corrected chi connectivity index (χ3v) is 2.51. The molecule has 0 fully saturated rings. The molecule has 0 amide bonds. The first-order valence-corrected chi connectivity index (χ1v) is 6.48. The minimum Gasteiger partial charge on any atom is -0.491 e. The highest BCUT2D eigenvalue weighted by Gasteiger charge is 2.09. The van der Waals surface area contributed by atoms with Gasteiger partial charge in [-0.05, 0) is 12.1 Å². The fourth-order valence-electron chi connectivity index (χ4n) is 1.52. The maximum Gasteiger partial charge on any atom is 0.339 e. The van der Waals surface area contributed by atoms with E-state index in [9.17, 15) is 4.79 Å². The van der Waals surface area contributed by atoms with Crippen LogP contribution in [0.1, 0.15) is 10.4 Å². The van der Waals surface area contributed by atoms with Crippen LogP contribution in [0.25, 0.3) is 0 Å². The summed E-state index contributed by atoms with van der Waals surface area (Å²) in [6.45, 7) is 3.53. The minimum absolute atomic E-state index is 0.176. The Bertz CT molecular complexity index is 397. The molecule has 0 heterocycles. The molecule has 1 aromatic carbocycles. The molecule has 0 aliphatic rings. The van der Waals surface area contributed by atoms with E-state index in [4.69, 9.17) is 19.3 Å². The Labute approximate surface area is 118 Å². The molecular formula is C14H21NO5. The number of hydrogen-bond donors (Lipinski definition) is 2. The van der Waals surface area contributed by atoms with Gasteiger partial charge in [0.15, 0.2) is 0 Å². The number of carboxylic acid groups (broad SMARTS) is 1. The second-order valence-electron chi connectivity index (χ2n) is 4.00. The lowest BCUT2D eigenvalue weighted by atomic mass is 10.2. The number of para-hydroxylation sites is 1. The number of carboxylic acids is 1. The van der Waals surface area contributed by atoms with Crippen LogP contribution in [0.5, 0.6) is 5.75 Å². The van der Waals surface area contributed by atoms with E-state index < -0.39 is 5.97 Å². The lowest BCUT2D eigenvalue weighted by Crippen LogP contribution is -2.25. The normalized spacial score (nSPS) is 10.4. The van der Waals surface area contributed by atoms with Gasteiger partial charge in [0.2, 0.25) is 0 Å². The van der Waals surface area contributed by atoms with Crippen LogP contribution in [0.3, 0.4) is 0 Å². The zero-order valence-electron chi connectivity index (χ0n) is 11.6. The van der Waals surface area contributed by atoms with E-state index in [-0.39, 0.29) is 5.56 Å². The summed E-state index contributed by atoms with van der Waals surface area (Å²) in [5.74, 6) is -0.599. The molecular weight excluding hydrogens is 262 g/mol. The van der Waals surface area contributed by atoms with Crippen molar-refractivity contribution >= 4 is 5.97 Å². The fourth-order valence-corrected chi connectivity index (χ4v) is 1.52. The predicted molar refractivity (Wildman–Crippen MR) is 74.5 cm³/mol. The van der Waals surface area contributed by atoms with Crippen molar-refractivity contribution in [2.45, 2.75) is 0 Å². The molecule has 1 rings (SSSR count). The van der Waals surface area contributed by atoms with Crippen LogP contribution in [0.15, 0.2) is 24.3 Å². The number of hydrogen-bond acceptors (Lipinski definition) is 5. The van der Waals surface area contributed by atoms with E-state index in [2.05, 4.69) is 5.32 Å². The van der Waals surface area contributed by atoms with Crippen LogP contribution < -0.4 is 10.1 Å². The van der Waals surface area contributed by atoms with Gasteiger partial charge in [-0.25, -0.2) is 4.79 Å². The van der Waals surface area contributed by atoms with Gasteiger partial charge >= 0.3 is 5.97 Å². The molecule has 0 spiro atoms. The number of nitrogens with one attached hydrogen (secondary N) is 1. The summed E-state index contributed by atoms with van der Waals surface area (Å²) in [5.41, 5.74) is 0.176. The Balaban J connectivity index is 2.11. The Morgan fingerprint density at radius 3 is 2.65 bits per heavy atom. The Morgan fingerprint density at radius 1 is 1.15 bits per heavy atom. The van der Waals surface area contributed by atoms with E-state index in [0.29, 0.717) is 45.3 Å². The predicted octanol–water partition coefficient (Wildman–Crippen LogP) is 1.02. The largest absolute Gasteiger partial charge is 0.491 e. The standard InChI is InChI=1S/C14H21NO5/c1-18-10-11-19-8-6-15-7-9-20-13-5-3-2-4-12(13)14(16)17/h2-5,15H,6-11H2,1H3,(H,16,17). The molecule has 0 unspecified atom stereocenters.